The molecule has 0 amide bonds. The Bertz CT molecular complexity index is 417. The first kappa shape index (κ1) is 13.2. The Morgan fingerprint density at radius 1 is 1.33 bits per heavy atom. The molecule has 2 nitrogen and oxygen atoms in total. The van der Waals surface area contributed by atoms with Crippen molar-refractivity contribution in [2.45, 2.75) is 37.9 Å². The molecule has 1 heterocycles. The SMILES string of the molecule is Oc1ccc2c(c1)C(CCCC(F)(F)F)NCC2. The molecule has 0 aliphatic carbocycles. The maximum atomic E-state index is 12.1. The highest BCUT2D eigenvalue weighted by Gasteiger charge is 2.27. The van der Waals surface area contributed by atoms with Gasteiger partial charge in [-0.1, -0.05) is 6.07 Å². The van der Waals surface area contributed by atoms with Gasteiger partial charge >= 0.3 is 6.18 Å². The monoisotopic (exact) mass is 259 g/mol. The van der Waals surface area contributed by atoms with Gasteiger partial charge in [-0.05, 0) is 49.1 Å². The lowest BCUT2D eigenvalue weighted by Crippen LogP contribution is -2.30. The Labute approximate surface area is 104 Å². The highest BCUT2D eigenvalue weighted by atomic mass is 19.4. The summed E-state index contributed by atoms with van der Waals surface area (Å²) in [6, 6.07) is 5.04. The smallest absolute Gasteiger partial charge is 0.389 e. The van der Waals surface area contributed by atoms with Gasteiger partial charge in [0.05, 0.1) is 0 Å². The summed E-state index contributed by atoms with van der Waals surface area (Å²) >= 11 is 0. The minimum atomic E-state index is -4.09. The van der Waals surface area contributed by atoms with Crippen LogP contribution < -0.4 is 5.32 Å². The molecule has 0 saturated carbocycles. The third-order valence-corrected chi connectivity index (χ3v) is 3.24. The molecule has 1 atom stereocenters. The van der Waals surface area contributed by atoms with Crippen molar-refractivity contribution in [2.75, 3.05) is 6.54 Å². The van der Waals surface area contributed by atoms with Gasteiger partial charge in [-0.2, -0.15) is 13.2 Å². The number of benzene rings is 1. The van der Waals surface area contributed by atoms with Crippen LogP contribution in [0.1, 0.15) is 36.4 Å². The molecular formula is C13H16F3NO. The van der Waals surface area contributed by atoms with E-state index in [9.17, 15) is 18.3 Å². The Balaban J connectivity index is 2.01. The molecular weight excluding hydrogens is 243 g/mol. The van der Waals surface area contributed by atoms with Crippen LogP contribution in [0.3, 0.4) is 0 Å². The van der Waals surface area contributed by atoms with E-state index in [0.717, 1.165) is 24.1 Å². The van der Waals surface area contributed by atoms with Crippen LogP contribution in [-0.2, 0) is 6.42 Å². The van der Waals surface area contributed by atoms with E-state index in [2.05, 4.69) is 5.32 Å². The molecule has 5 heteroatoms. The Morgan fingerprint density at radius 2 is 2.11 bits per heavy atom. The summed E-state index contributed by atoms with van der Waals surface area (Å²) in [5, 5.41) is 12.7. The molecule has 1 aliphatic rings. The molecule has 0 fully saturated rings. The van der Waals surface area contributed by atoms with E-state index in [1.807, 2.05) is 6.07 Å². The van der Waals surface area contributed by atoms with Gasteiger partial charge in [-0.3, -0.25) is 0 Å². The number of nitrogens with one attached hydrogen (secondary N) is 1. The lowest BCUT2D eigenvalue weighted by molar-refractivity contribution is -0.135. The topological polar surface area (TPSA) is 32.3 Å². The molecule has 2 rings (SSSR count). The molecule has 1 aromatic carbocycles. The molecule has 0 radical (unpaired) electrons. The number of phenols is 1. The third-order valence-electron chi connectivity index (χ3n) is 3.24. The van der Waals surface area contributed by atoms with Crippen LogP contribution in [0.15, 0.2) is 18.2 Å². The van der Waals surface area contributed by atoms with Crippen molar-refractivity contribution in [3.05, 3.63) is 29.3 Å². The van der Waals surface area contributed by atoms with Gasteiger partial charge in [-0.15, -0.1) is 0 Å². The Hall–Kier alpha value is -1.23. The third kappa shape index (κ3) is 3.38. The highest BCUT2D eigenvalue weighted by Crippen LogP contribution is 2.31. The van der Waals surface area contributed by atoms with Gasteiger partial charge in [0.1, 0.15) is 5.75 Å². The van der Waals surface area contributed by atoms with Crippen molar-refractivity contribution in [3.8, 4) is 5.75 Å². The van der Waals surface area contributed by atoms with Gasteiger partial charge < -0.3 is 10.4 Å². The number of alkyl halides is 3. The van der Waals surface area contributed by atoms with E-state index in [1.165, 1.54) is 0 Å². The molecule has 0 aromatic heterocycles. The molecule has 1 aliphatic heterocycles. The fourth-order valence-electron chi connectivity index (χ4n) is 2.39. The molecule has 1 unspecified atom stereocenters. The number of phenolic OH excluding ortho intramolecular Hbond substituents is 1. The van der Waals surface area contributed by atoms with Crippen molar-refractivity contribution >= 4 is 0 Å². The zero-order valence-corrected chi connectivity index (χ0v) is 9.93. The van der Waals surface area contributed by atoms with Crippen molar-refractivity contribution in [3.63, 3.8) is 0 Å². The lowest BCUT2D eigenvalue weighted by Gasteiger charge is -2.27. The maximum absolute atomic E-state index is 12.1. The van der Waals surface area contributed by atoms with Crippen molar-refractivity contribution < 1.29 is 18.3 Å². The lowest BCUT2D eigenvalue weighted by atomic mass is 9.91. The van der Waals surface area contributed by atoms with Crippen molar-refractivity contribution in [1.29, 1.82) is 0 Å². The summed E-state index contributed by atoms with van der Waals surface area (Å²) in [4.78, 5) is 0. The minimum absolute atomic E-state index is 0.0804. The van der Waals surface area contributed by atoms with Gasteiger partial charge in [0, 0.05) is 12.5 Å². The second-order valence-corrected chi connectivity index (χ2v) is 4.65. The van der Waals surface area contributed by atoms with Crippen LogP contribution in [0, 0.1) is 0 Å². The first-order valence-corrected chi connectivity index (χ1v) is 6.07. The number of hydrogen-bond donors (Lipinski definition) is 2. The van der Waals surface area contributed by atoms with E-state index >= 15 is 0 Å². The zero-order chi connectivity index (χ0) is 13.2. The fourth-order valence-corrected chi connectivity index (χ4v) is 2.39. The fraction of sp³-hybridized carbons (Fsp3) is 0.538. The minimum Gasteiger partial charge on any atom is -0.508 e. The van der Waals surface area contributed by atoms with E-state index in [1.54, 1.807) is 12.1 Å². The van der Waals surface area contributed by atoms with Gasteiger partial charge in [0.2, 0.25) is 0 Å². The second kappa shape index (κ2) is 5.18. The van der Waals surface area contributed by atoms with Crippen LogP contribution in [0.2, 0.25) is 0 Å². The molecule has 0 spiro atoms. The molecule has 1 aromatic rings. The first-order valence-electron chi connectivity index (χ1n) is 6.07. The van der Waals surface area contributed by atoms with E-state index < -0.39 is 12.6 Å². The summed E-state index contributed by atoms with van der Waals surface area (Å²) < 4.78 is 36.3. The maximum Gasteiger partial charge on any atom is 0.389 e. The van der Waals surface area contributed by atoms with Crippen LogP contribution in [0.25, 0.3) is 0 Å². The van der Waals surface area contributed by atoms with Crippen molar-refractivity contribution in [2.24, 2.45) is 0 Å². The highest BCUT2D eigenvalue weighted by molar-refractivity contribution is 5.38. The standard InChI is InChI=1S/C13H16F3NO/c14-13(15,16)6-1-2-12-11-8-10(18)4-3-9(11)5-7-17-12/h3-4,8,12,17-18H,1-2,5-7H2. The summed E-state index contributed by atoms with van der Waals surface area (Å²) in [6.07, 6.45) is -3.44. The molecule has 18 heavy (non-hydrogen) atoms. The summed E-state index contributed by atoms with van der Waals surface area (Å²) in [7, 11) is 0. The quantitative estimate of drug-likeness (QED) is 0.872. The van der Waals surface area contributed by atoms with Gasteiger partial charge in [0.25, 0.3) is 0 Å². The number of aromatic hydroxyl groups is 1. The number of fused-ring (bicyclic) bond motifs is 1. The summed E-state index contributed by atoms with van der Waals surface area (Å²) in [5.74, 6) is 0.165. The van der Waals surface area contributed by atoms with E-state index in [-0.39, 0.29) is 18.2 Å². The average Bonchev–Trinajstić information content (AvgIpc) is 2.28. The number of rotatable bonds is 3. The van der Waals surface area contributed by atoms with E-state index in [4.69, 9.17) is 0 Å². The van der Waals surface area contributed by atoms with E-state index in [0.29, 0.717) is 6.42 Å². The average molecular weight is 259 g/mol. The van der Waals surface area contributed by atoms with Crippen LogP contribution >= 0.6 is 0 Å². The number of halogens is 3. The van der Waals surface area contributed by atoms with Crippen LogP contribution in [-0.4, -0.2) is 17.8 Å². The van der Waals surface area contributed by atoms with Crippen molar-refractivity contribution in [1.82, 2.24) is 5.32 Å². The number of hydrogen-bond acceptors (Lipinski definition) is 2. The Morgan fingerprint density at radius 3 is 2.83 bits per heavy atom. The second-order valence-electron chi connectivity index (χ2n) is 4.65. The largest absolute Gasteiger partial charge is 0.508 e. The molecule has 0 saturated heterocycles. The predicted octanol–water partition coefficient (Wildman–Crippen LogP) is 3.31. The summed E-state index contributed by atoms with van der Waals surface area (Å²) in [5.41, 5.74) is 2.05. The molecule has 2 N–H and O–H groups in total. The first-order chi connectivity index (χ1) is 8.46. The van der Waals surface area contributed by atoms with Gasteiger partial charge in [0.15, 0.2) is 0 Å². The normalized spacial score (nSPS) is 19.6. The van der Waals surface area contributed by atoms with Crippen LogP contribution in [0.5, 0.6) is 5.75 Å². The molecule has 100 valence electrons. The molecule has 0 bridgehead atoms. The Kier molecular flexibility index (Phi) is 3.80. The predicted molar refractivity (Wildman–Crippen MR) is 62.5 cm³/mol. The zero-order valence-electron chi connectivity index (χ0n) is 9.93. The van der Waals surface area contributed by atoms with Gasteiger partial charge in [-0.25, -0.2) is 0 Å². The van der Waals surface area contributed by atoms with Crippen LogP contribution in [0.4, 0.5) is 13.2 Å². The summed E-state index contributed by atoms with van der Waals surface area (Å²) in [6.45, 7) is 0.772.